The molecule has 1 aromatic heterocycles. The molecule has 1 fully saturated rings. The summed E-state index contributed by atoms with van der Waals surface area (Å²) in [7, 11) is 0. The van der Waals surface area contributed by atoms with Crippen LogP contribution in [0.15, 0.2) is 4.42 Å². The van der Waals surface area contributed by atoms with Crippen LogP contribution in [0.1, 0.15) is 23.8 Å². The fourth-order valence-electron chi connectivity index (χ4n) is 2.16. The van der Waals surface area contributed by atoms with Crippen LogP contribution in [0.3, 0.4) is 0 Å². The first-order chi connectivity index (χ1) is 9.97. The third-order valence-electron chi connectivity index (χ3n) is 3.36. The lowest BCUT2D eigenvalue weighted by Gasteiger charge is -2.34. The molecule has 1 unspecified atom stereocenters. The molecule has 116 valence electrons. The molecule has 1 atom stereocenters. The van der Waals surface area contributed by atoms with Crippen molar-refractivity contribution in [1.82, 2.24) is 15.2 Å². The Labute approximate surface area is 127 Å². The average molecular weight is 313 g/mol. The Balaban J connectivity index is 1.92. The molecule has 2 amide bonds. The molecule has 7 nitrogen and oxygen atoms in total. The van der Waals surface area contributed by atoms with E-state index in [-0.39, 0.29) is 25.0 Å². The smallest absolute Gasteiger partial charge is 0.318 e. The predicted octanol–water partition coefficient (Wildman–Crippen LogP) is 1.39. The molecule has 1 saturated heterocycles. The number of hydrogen-bond acceptors (Lipinski definition) is 5. The van der Waals surface area contributed by atoms with Crippen LogP contribution < -0.4 is 5.32 Å². The normalized spacial score (nSPS) is 18.6. The number of carboxylic acid groups (broad SMARTS) is 1. The number of carboxylic acids is 1. The topological polar surface area (TPSA) is 95.7 Å². The minimum atomic E-state index is -0.890. The van der Waals surface area contributed by atoms with Gasteiger partial charge in [-0.2, -0.15) is 11.8 Å². The van der Waals surface area contributed by atoms with Gasteiger partial charge in [0.05, 0.1) is 24.7 Å². The van der Waals surface area contributed by atoms with Crippen molar-refractivity contribution in [3.63, 3.8) is 0 Å². The number of hydrogen-bond donors (Lipinski definition) is 2. The fraction of sp³-hybridized carbons (Fsp3) is 0.615. The SMILES string of the molecule is Cc1nc(CNC(=O)N2CCSCC2CC(=O)O)oc1C. The van der Waals surface area contributed by atoms with Crippen molar-refractivity contribution in [2.24, 2.45) is 0 Å². The molecule has 2 N–H and O–H groups in total. The highest BCUT2D eigenvalue weighted by Crippen LogP contribution is 2.19. The molecule has 21 heavy (non-hydrogen) atoms. The van der Waals surface area contributed by atoms with Gasteiger partial charge >= 0.3 is 12.0 Å². The average Bonchev–Trinajstić information content (AvgIpc) is 2.75. The van der Waals surface area contributed by atoms with Crippen LogP contribution in [0.5, 0.6) is 0 Å². The van der Waals surface area contributed by atoms with Gasteiger partial charge in [0, 0.05) is 18.1 Å². The number of oxazole rings is 1. The van der Waals surface area contributed by atoms with E-state index < -0.39 is 5.97 Å². The Kier molecular flexibility index (Phi) is 5.11. The van der Waals surface area contributed by atoms with Crippen molar-refractivity contribution in [3.8, 4) is 0 Å². The van der Waals surface area contributed by atoms with E-state index in [1.165, 1.54) is 0 Å². The summed E-state index contributed by atoms with van der Waals surface area (Å²) in [6, 6.07) is -0.538. The number of carbonyl (C=O) groups excluding carboxylic acids is 1. The Bertz CT molecular complexity index is 512. The minimum Gasteiger partial charge on any atom is -0.481 e. The summed E-state index contributed by atoms with van der Waals surface area (Å²) in [5.41, 5.74) is 0.803. The van der Waals surface area contributed by atoms with Gasteiger partial charge < -0.3 is 19.7 Å². The van der Waals surface area contributed by atoms with Crippen molar-refractivity contribution in [2.75, 3.05) is 18.1 Å². The summed E-state index contributed by atoms with van der Waals surface area (Å²) in [5, 5.41) is 11.7. The fourth-order valence-corrected chi connectivity index (χ4v) is 3.22. The van der Waals surface area contributed by atoms with Gasteiger partial charge in [-0.25, -0.2) is 9.78 Å². The molecule has 0 aromatic carbocycles. The highest BCUT2D eigenvalue weighted by molar-refractivity contribution is 7.99. The molecule has 1 aliphatic heterocycles. The molecule has 1 aliphatic rings. The van der Waals surface area contributed by atoms with Crippen LogP contribution in [-0.4, -0.2) is 51.1 Å². The second-order valence-electron chi connectivity index (χ2n) is 4.93. The number of thioether (sulfide) groups is 1. The Morgan fingerprint density at radius 3 is 2.90 bits per heavy atom. The number of nitrogens with zero attached hydrogens (tertiary/aromatic N) is 2. The predicted molar refractivity (Wildman–Crippen MR) is 78.3 cm³/mol. The van der Waals surface area contributed by atoms with Gasteiger partial charge in [0.1, 0.15) is 5.76 Å². The summed E-state index contributed by atoms with van der Waals surface area (Å²) in [6.07, 6.45) is -0.0301. The van der Waals surface area contributed by atoms with E-state index in [0.29, 0.717) is 18.2 Å². The van der Waals surface area contributed by atoms with Gasteiger partial charge in [0.2, 0.25) is 5.89 Å². The monoisotopic (exact) mass is 313 g/mol. The molecular weight excluding hydrogens is 294 g/mol. The maximum Gasteiger partial charge on any atom is 0.318 e. The second-order valence-corrected chi connectivity index (χ2v) is 6.08. The standard InChI is InChI=1S/C13H19N3O4S/c1-8-9(2)20-11(15-8)6-14-13(19)16-3-4-21-7-10(16)5-12(17)18/h10H,3-7H2,1-2H3,(H,14,19)(H,17,18). The summed E-state index contributed by atoms with van der Waals surface area (Å²) < 4.78 is 5.40. The van der Waals surface area contributed by atoms with Gasteiger partial charge in [-0.3, -0.25) is 4.79 Å². The number of aryl methyl sites for hydroxylation is 2. The third kappa shape index (κ3) is 4.13. The highest BCUT2D eigenvalue weighted by atomic mass is 32.2. The third-order valence-corrected chi connectivity index (χ3v) is 4.45. The molecule has 2 heterocycles. The zero-order valence-corrected chi connectivity index (χ0v) is 12.9. The maximum absolute atomic E-state index is 12.2. The van der Waals surface area contributed by atoms with Gasteiger partial charge in [-0.1, -0.05) is 0 Å². The van der Waals surface area contributed by atoms with Crippen LogP contribution in [0, 0.1) is 13.8 Å². The highest BCUT2D eigenvalue weighted by Gasteiger charge is 2.28. The molecule has 0 spiro atoms. The van der Waals surface area contributed by atoms with Gasteiger partial charge in [-0.15, -0.1) is 0 Å². The number of urea groups is 1. The second kappa shape index (κ2) is 6.84. The largest absolute Gasteiger partial charge is 0.481 e. The van der Waals surface area contributed by atoms with Gasteiger partial charge in [0.25, 0.3) is 0 Å². The van der Waals surface area contributed by atoms with E-state index >= 15 is 0 Å². The van der Waals surface area contributed by atoms with Crippen LogP contribution in [0.4, 0.5) is 4.79 Å². The van der Waals surface area contributed by atoms with Crippen molar-refractivity contribution >= 4 is 23.8 Å². The molecule has 0 bridgehead atoms. The van der Waals surface area contributed by atoms with Crippen LogP contribution in [-0.2, 0) is 11.3 Å². The zero-order chi connectivity index (χ0) is 15.4. The van der Waals surface area contributed by atoms with E-state index in [1.807, 2.05) is 13.8 Å². The molecule has 2 rings (SSSR count). The number of nitrogens with one attached hydrogen (secondary N) is 1. The minimum absolute atomic E-state index is 0.0301. The quantitative estimate of drug-likeness (QED) is 0.872. The number of rotatable bonds is 4. The lowest BCUT2D eigenvalue weighted by molar-refractivity contribution is -0.138. The maximum atomic E-state index is 12.2. The summed E-state index contributed by atoms with van der Waals surface area (Å²) in [5.74, 6) is 1.77. The van der Waals surface area contributed by atoms with Crippen molar-refractivity contribution < 1.29 is 19.1 Å². The van der Waals surface area contributed by atoms with E-state index in [0.717, 1.165) is 17.2 Å². The van der Waals surface area contributed by atoms with Crippen molar-refractivity contribution in [2.45, 2.75) is 32.9 Å². The number of aromatic nitrogens is 1. The van der Waals surface area contributed by atoms with Crippen molar-refractivity contribution in [1.29, 1.82) is 0 Å². The zero-order valence-electron chi connectivity index (χ0n) is 12.1. The number of carbonyl (C=O) groups is 2. The first kappa shape index (κ1) is 15.7. The van der Waals surface area contributed by atoms with Crippen LogP contribution in [0.2, 0.25) is 0 Å². The Morgan fingerprint density at radius 2 is 2.29 bits per heavy atom. The first-order valence-corrected chi connectivity index (χ1v) is 7.89. The van der Waals surface area contributed by atoms with Crippen molar-refractivity contribution in [3.05, 3.63) is 17.3 Å². The van der Waals surface area contributed by atoms with Crippen LogP contribution >= 0.6 is 11.8 Å². The summed E-state index contributed by atoms with van der Waals surface area (Å²) >= 11 is 1.67. The molecule has 0 saturated carbocycles. The Morgan fingerprint density at radius 1 is 1.52 bits per heavy atom. The summed E-state index contributed by atoms with van der Waals surface area (Å²) in [4.78, 5) is 28.8. The summed E-state index contributed by atoms with van der Waals surface area (Å²) in [6.45, 7) is 4.42. The van der Waals surface area contributed by atoms with E-state index in [4.69, 9.17) is 9.52 Å². The van der Waals surface area contributed by atoms with Gasteiger partial charge in [0.15, 0.2) is 0 Å². The lowest BCUT2D eigenvalue weighted by atomic mass is 10.2. The van der Waals surface area contributed by atoms with E-state index in [2.05, 4.69) is 10.3 Å². The number of amides is 2. The van der Waals surface area contributed by atoms with E-state index in [1.54, 1.807) is 16.7 Å². The molecule has 1 aromatic rings. The molecule has 0 radical (unpaired) electrons. The molecule has 0 aliphatic carbocycles. The molecular formula is C13H19N3O4S. The Hall–Kier alpha value is -1.70. The molecule has 8 heteroatoms. The first-order valence-electron chi connectivity index (χ1n) is 6.74. The van der Waals surface area contributed by atoms with Crippen LogP contribution in [0.25, 0.3) is 0 Å². The van der Waals surface area contributed by atoms with Gasteiger partial charge in [-0.05, 0) is 13.8 Å². The van der Waals surface area contributed by atoms with E-state index in [9.17, 15) is 9.59 Å². The lowest BCUT2D eigenvalue weighted by Crippen LogP contribution is -2.51. The number of aliphatic carboxylic acids is 1.